The number of hydrogen-bond acceptors (Lipinski definition) is 1. The van der Waals surface area contributed by atoms with Crippen molar-refractivity contribution in [1.29, 1.82) is 0 Å². The zero-order chi connectivity index (χ0) is 38.2. The number of allylic oxidation sites excluding steroid dienone is 5. The molecule has 6 aromatic rings. The molecule has 0 fully saturated rings. The van der Waals surface area contributed by atoms with E-state index in [4.69, 9.17) is 0 Å². The number of hydrogen-bond donors (Lipinski definition) is 0. The molecule has 270 valence electrons. The van der Waals surface area contributed by atoms with Crippen LogP contribution in [0.5, 0.6) is 0 Å². The number of rotatable bonds is 4. The van der Waals surface area contributed by atoms with Crippen LogP contribution in [0.25, 0.3) is 39.5 Å². The van der Waals surface area contributed by atoms with Gasteiger partial charge in [0.25, 0.3) is 0 Å². The monoisotopic (exact) mass is 703 g/mol. The van der Waals surface area contributed by atoms with Gasteiger partial charge in [0.15, 0.2) is 0 Å². The summed E-state index contributed by atoms with van der Waals surface area (Å²) in [7, 11) is 0. The summed E-state index contributed by atoms with van der Waals surface area (Å²) < 4.78 is 0. The largest absolute Gasteiger partial charge is 0.285 e. The number of benzene rings is 6. The molecule has 54 heavy (non-hydrogen) atoms. The Hall–Kier alpha value is -5.79. The van der Waals surface area contributed by atoms with E-state index in [0.29, 0.717) is 0 Å². The number of fused-ring (bicyclic) bond motifs is 3. The van der Waals surface area contributed by atoms with E-state index in [-0.39, 0.29) is 5.41 Å². The first-order valence-corrected chi connectivity index (χ1v) is 19.2. The van der Waals surface area contributed by atoms with Crippen molar-refractivity contribution in [3.63, 3.8) is 0 Å². The molecule has 0 aromatic heterocycles. The van der Waals surface area contributed by atoms with Crippen LogP contribution >= 0.6 is 0 Å². The first-order chi connectivity index (χ1) is 26.1. The zero-order valence-corrected chi connectivity index (χ0v) is 33.2. The van der Waals surface area contributed by atoms with Gasteiger partial charge in [-0.25, -0.2) is 0 Å². The van der Waals surface area contributed by atoms with E-state index in [1.165, 1.54) is 83.5 Å². The van der Waals surface area contributed by atoms with Gasteiger partial charge in [0.1, 0.15) is 0 Å². The highest BCUT2D eigenvalue weighted by molar-refractivity contribution is 6.14. The molecule has 0 amide bonds. The zero-order valence-electron chi connectivity index (χ0n) is 33.2. The van der Waals surface area contributed by atoms with Crippen molar-refractivity contribution in [3.8, 4) is 33.4 Å². The van der Waals surface area contributed by atoms with E-state index in [0.717, 1.165) is 12.3 Å². The van der Waals surface area contributed by atoms with Gasteiger partial charge in [0, 0.05) is 17.5 Å². The van der Waals surface area contributed by atoms with Gasteiger partial charge in [-0.2, -0.15) is 0 Å². The van der Waals surface area contributed by atoms with E-state index < -0.39 is 0 Å². The summed E-state index contributed by atoms with van der Waals surface area (Å²) in [4.78, 5) is 4.47. The van der Waals surface area contributed by atoms with Crippen molar-refractivity contribution in [2.45, 2.75) is 60.8 Å². The first kappa shape index (κ1) is 38.0. The highest BCUT2D eigenvalue weighted by Crippen LogP contribution is 2.50. The summed E-state index contributed by atoms with van der Waals surface area (Å²) in [5, 5.41) is 0. The molecule has 1 heteroatoms. The summed E-state index contributed by atoms with van der Waals surface area (Å²) >= 11 is 0. The summed E-state index contributed by atoms with van der Waals surface area (Å²) in [6.45, 7) is 18.6. The van der Waals surface area contributed by atoms with Crippen LogP contribution in [0.1, 0.15) is 65.3 Å². The molecule has 0 unspecified atom stereocenters. The molecule has 0 saturated carbocycles. The second-order valence-electron chi connectivity index (χ2n) is 14.9. The maximum atomic E-state index is 4.47. The quantitative estimate of drug-likeness (QED) is 0.173. The summed E-state index contributed by atoms with van der Waals surface area (Å²) in [6, 6.07) is 47.8. The highest BCUT2D eigenvalue weighted by atomic mass is 14.7. The maximum Gasteiger partial charge on any atom is 0.0646 e. The Kier molecular flexibility index (Phi) is 11.9. The first-order valence-electron chi connectivity index (χ1n) is 19.2. The fourth-order valence-corrected chi connectivity index (χ4v) is 7.60. The third kappa shape index (κ3) is 8.37. The average molecular weight is 704 g/mol. The topological polar surface area (TPSA) is 12.4 Å². The van der Waals surface area contributed by atoms with Crippen LogP contribution in [-0.4, -0.2) is 12.3 Å². The Morgan fingerprint density at radius 3 is 1.61 bits per heavy atom. The van der Waals surface area contributed by atoms with Gasteiger partial charge in [-0.15, -0.1) is 0 Å². The Balaban J connectivity index is 0.000000179. The second kappa shape index (κ2) is 16.9. The van der Waals surface area contributed by atoms with Gasteiger partial charge in [-0.3, -0.25) is 4.99 Å². The molecular formula is C53H53N. The molecule has 0 atom stereocenters. The van der Waals surface area contributed by atoms with Gasteiger partial charge in [-0.05, 0) is 132 Å². The fraction of sp³-hybridized carbons (Fsp3) is 0.189. The van der Waals surface area contributed by atoms with Crippen LogP contribution in [-0.2, 0) is 5.41 Å². The molecule has 0 aliphatic heterocycles. The lowest BCUT2D eigenvalue weighted by Gasteiger charge is -2.23. The van der Waals surface area contributed by atoms with E-state index in [1.807, 2.05) is 48.6 Å². The van der Waals surface area contributed by atoms with E-state index in [2.05, 4.69) is 176 Å². The Morgan fingerprint density at radius 1 is 0.481 bits per heavy atom. The lowest BCUT2D eigenvalue weighted by atomic mass is 9.80. The van der Waals surface area contributed by atoms with Crippen molar-refractivity contribution in [2.75, 3.05) is 6.54 Å². The van der Waals surface area contributed by atoms with E-state index >= 15 is 0 Å². The number of aryl methyl sites for hydroxylation is 5. The molecule has 0 bridgehead atoms. The summed E-state index contributed by atoms with van der Waals surface area (Å²) in [5.41, 5.74) is 21.2. The molecule has 0 radical (unpaired) electrons. The Morgan fingerprint density at radius 2 is 1.00 bits per heavy atom. The third-order valence-electron chi connectivity index (χ3n) is 10.6. The van der Waals surface area contributed by atoms with Crippen LogP contribution in [0.3, 0.4) is 0 Å². The molecule has 0 N–H and O–H groups in total. The minimum Gasteiger partial charge on any atom is -0.285 e. The van der Waals surface area contributed by atoms with Crippen LogP contribution in [0.4, 0.5) is 0 Å². The van der Waals surface area contributed by atoms with Crippen LogP contribution in [0, 0.1) is 34.6 Å². The van der Waals surface area contributed by atoms with Crippen molar-refractivity contribution in [3.05, 3.63) is 208 Å². The van der Waals surface area contributed by atoms with Crippen LogP contribution in [0.15, 0.2) is 168 Å². The smallest absolute Gasteiger partial charge is 0.0646 e. The minimum atomic E-state index is 0.0262. The maximum absolute atomic E-state index is 4.47. The van der Waals surface area contributed by atoms with Crippen molar-refractivity contribution in [2.24, 2.45) is 4.99 Å². The van der Waals surface area contributed by atoms with E-state index in [9.17, 15) is 0 Å². The number of nitrogens with zero attached hydrogens (tertiary/aromatic N) is 1. The van der Waals surface area contributed by atoms with Gasteiger partial charge in [0.05, 0.1) is 5.71 Å². The lowest BCUT2D eigenvalue weighted by molar-refractivity contribution is 0.660. The van der Waals surface area contributed by atoms with Crippen molar-refractivity contribution in [1.82, 2.24) is 0 Å². The molecule has 8 rings (SSSR count). The standard InChI is InChI=1S/C31H30.C15H15N.C7H8/c1-19-11-7-8-12-23(19)25-15-21(3)26(16-20(25)2)27-18-30-28(17-22(27)4)24-13-9-10-14-29(24)31(30,5)6;1-2-16-15-11-7-6-10-14(15)12-13-8-4-3-5-9-13;1-7-5-3-2-4-6-7/h7-18H,1-6H3;3-12H,2H2,1H3;2-6H,1H3/b;14-12-,16-15?;. The van der Waals surface area contributed by atoms with Gasteiger partial charge in [-0.1, -0.05) is 165 Å². The van der Waals surface area contributed by atoms with Gasteiger partial charge in [0.2, 0.25) is 0 Å². The van der Waals surface area contributed by atoms with Gasteiger partial charge >= 0.3 is 0 Å². The molecule has 2 aliphatic carbocycles. The molecule has 1 nitrogen and oxygen atoms in total. The second-order valence-corrected chi connectivity index (χ2v) is 14.9. The SMILES string of the molecule is CCN=C1C=CC=C/C1=C/c1ccccc1.Cc1ccccc1.Cc1ccccc1-c1cc(C)c(-c2cc3c(cc2C)-c2ccccc2C3(C)C)cc1C. The normalized spacial score (nSPS) is 14.8. The Labute approximate surface area is 324 Å². The molecular weight excluding hydrogens is 651 g/mol. The molecule has 0 spiro atoms. The molecule has 0 heterocycles. The van der Waals surface area contributed by atoms with Gasteiger partial charge < -0.3 is 0 Å². The van der Waals surface area contributed by atoms with Crippen molar-refractivity contribution < 1.29 is 0 Å². The van der Waals surface area contributed by atoms with Crippen LogP contribution < -0.4 is 0 Å². The molecule has 0 saturated heterocycles. The lowest BCUT2D eigenvalue weighted by Crippen LogP contribution is -2.15. The van der Waals surface area contributed by atoms with Crippen LogP contribution in [0.2, 0.25) is 0 Å². The number of aliphatic imine (C=N–C) groups is 1. The third-order valence-corrected chi connectivity index (χ3v) is 10.6. The molecule has 2 aliphatic rings. The predicted octanol–water partition coefficient (Wildman–Crippen LogP) is 14.2. The Bertz CT molecular complexity index is 2360. The highest BCUT2D eigenvalue weighted by Gasteiger charge is 2.35. The average Bonchev–Trinajstić information content (AvgIpc) is 3.39. The summed E-state index contributed by atoms with van der Waals surface area (Å²) in [6.07, 6.45) is 10.4. The minimum absolute atomic E-state index is 0.0262. The summed E-state index contributed by atoms with van der Waals surface area (Å²) in [5.74, 6) is 0. The fourth-order valence-electron chi connectivity index (χ4n) is 7.60. The molecule has 6 aromatic carbocycles. The van der Waals surface area contributed by atoms with Crippen molar-refractivity contribution >= 4 is 11.8 Å². The predicted molar refractivity (Wildman–Crippen MR) is 236 cm³/mol. The van der Waals surface area contributed by atoms with E-state index in [1.54, 1.807) is 0 Å².